The molecule has 0 aliphatic rings. The number of halogens is 1. The molecular formula is C14H20ClN3. The second-order valence-corrected chi connectivity index (χ2v) is 4.97. The zero-order chi connectivity index (χ0) is 13.1. The van der Waals surface area contributed by atoms with Gasteiger partial charge in [-0.25, -0.2) is 4.98 Å². The lowest BCUT2D eigenvalue weighted by Crippen LogP contribution is -2.21. The van der Waals surface area contributed by atoms with E-state index >= 15 is 0 Å². The van der Waals surface area contributed by atoms with E-state index in [1.165, 1.54) is 5.52 Å². The lowest BCUT2D eigenvalue weighted by atomic mass is 10.3. The van der Waals surface area contributed by atoms with Gasteiger partial charge in [0.1, 0.15) is 5.82 Å². The fraction of sp³-hybridized carbons (Fsp3) is 0.500. The molecule has 0 fully saturated rings. The van der Waals surface area contributed by atoms with Gasteiger partial charge in [-0.15, -0.1) is 0 Å². The standard InChI is InChI=1S/C14H20ClN3/c1-4-8-18-13-7-6-11(15)9-12(13)17-14(18)10(3)16-5-2/h6-7,9-10,16H,4-5,8H2,1-3H3. The van der Waals surface area contributed by atoms with Crippen molar-refractivity contribution in [1.29, 1.82) is 0 Å². The highest BCUT2D eigenvalue weighted by Gasteiger charge is 2.15. The van der Waals surface area contributed by atoms with Crippen molar-refractivity contribution in [3.8, 4) is 0 Å². The fourth-order valence-corrected chi connectivity index (χ4v) is 2.47. The molecule has 1 atom stereocenters. The third-order valence-corrected chi connectivity index (χ3v) is 3.32. The number of imidazole rings is 1. The monoisotopic (exact) mass is 265 g/mol. The molecule has 4 heteroatoms. The van der Waals surface area contributed by atoms with E-state index in [2.05, 4.69) is 36.7 Å². The van der Waals surface area contributed by atoms with Gasteiger partial charge in [0, 0.05) is 11.6 Å². The van der Waals surface area contributed by atoms with E-state index in [1.54, 1.807) is 0 Å². The first-order valence-corrected chi connectivity index (χ1v) is 6.94. The number of rotatable bonds is 5. The molecule has 3 nitrogen and oxygen atoms in total. The van der Waals surface area contributed by atoms with Crippen molar-refractivity contribution in [3.05, 3.63) is 29.0 Å². The van der Waals surface area contributed by atoms with Gasteiger partial charge in [-0.2, -0.15) is 0 Å². The number of benzene rings is 1. The summed E-state index contributed by atoms with van der Waals surface area (Å²) in [5, 5.41) is 4.16. The summed E-state index contributed by atoms with van der Waals surface area (Å²) in [7, 11) is 0. The maximum Gasteiger partial charge on any atom is 0.126 e. The van der Waals surface area contributed by atoms with Crippen LogP contribution in [-0.2, 0) is 6.54 Å². The van der Waals surface area contributed by atoms with Crippen LogP contribution in [0.2, 0.25) is 5.02 Å². The van der Waals surface area contributed by atoms with E-state index < -0.39 is 0 Å². The summed E-state index contributed by atoms with van der Waals surface area (Å²) in [5.74, 6) is 1.09. The summed E-state index contributed by atoms with van der Waals surface area (Å²) in [4.78, 5) is 4.73. The fourth-order valence-electron chi connectivity index (χ4n) is 2.31. The lowest BCUT2D eigenvalue weighted by molar-refractivity contribution is 0.527. The van der Waals surface area contributed by atoms with Crippen LogP contribution in [0.5, 0.6) is 0 Å². The molecule has 1 aromatic heterocycles. The predicted octanol–water partition coefficient (Wildman–Crippen LogP) is 3.77. The summed E-state index contributed by atoms with van der Waals surface area (Å²) in [6.45, 7) is 8.38. The van der Waals surface area contributed by atoms with Crippen molar-refractivity contribution in [2.75, 3.05) is 6.54 Å². The van der Waals surface area contributed by atoms with Crippen molar-refractivity contribution in [3.63, 3.8) is 0 Å². The second kappa shape index (κ2) is 5.72. The molecule has 0 spiro atoms. The van der Waals surface area contributed by atoms with Crippen LogP contribution in [0.15, 0.2) is 18.2 Å². The Labute approximate surface area is 113 Å². The van der Waals surface area contributed by atoms with Gasteiger partial charge in [-0.3, -0.25) is 0 Å². The van der Waals surface area contributed by atoms with Crippen LogP contribution in [-0.4, -0.2) is 16.1 Å². The zero-order valence-corrected chi connectivity index (χ0v) is 12.0. The van der Waals surface area contributed by atoms with Crippen LogP contribution in [0.25, 0.3) is 11.0 Å². The first-order chi connectivity index (χ1) is 8.67. The second-order valence-electron chi connectivity index (χ2n) is 4.53. The van der Waals surface area contributed by atoms with E-state index in [4.69, 9.17) is 16.6 Å². The van der Waals surface area contributed by atoms with Crippen LogP contribution in [0, 0.1) is 0 Å². The molecule has 0 aliphatic heterocycles. The van der Waals surface area contributed by atoms with E-state index in [-0.39, 0.29) is 6.04 Å². The first-order valence-electron chi connectivity index (χ1n) is 6.56. The Morgan fingerprint density at radius 2 is 2.17 bits per heavy atom. The van der Waals surface area contributed by atoms with Crippen LogP contribution in [0.3, 0.4) is 0 Å². The third-order valence-electron chi connectivity index (χ3n) is 3.08. The van der Waals surface area contributed by atoms with Crippen molar-refractivity contribution in [1.82, 2.24) is 14.9 Å². The minimum absolute atomic E-state index is 0.257. The normalized spacial score (nSPS) is 13.1. The minimum Gasteiger partial charge on any atom is -0.327 e. The van der Waals surface area contributed by atoms with Crippen LogP contribution in [0.4, 0.5) is 0 Å². The molecule has 98 valence electrons. The van der Waals surface area contributed by atoms with Gasteiger partial charge in [0.15, 0.2) is 0 Å². The number of nitrogens with one attached hydrogen (secondary N) is 1. The molecule has 0 saturated carbocycles. The van der Waals surface area contributed by atoms with Gasteiger partial charge >= 0.3 is 0 Å². The Morgan fingerprint density at radius 1 is 1.39 bits per heavy atom. The van der Waals surface area contributed by atoms with E-state index in [1.807, 2.05) is 12.1 Å². The Bertz CT molecular complexity index is 533. The Kier molecular flexibility index (Phi) is 4.25. The van der Waals surface area contributed by atoms with Crippen LogP contribution < -0.4 is 5.32 Å². The van der Waals surface area contributed by atoms with Gasteiger partial charge in [0.25, 0.3) is 0 Å². The van der Waals surface area contributed by atoms with Crippen LogP contribution in [0.1, 0.15) is 39.1 Å². The molecule has 2 rings (SSSR count). The molecule has 1 N–H and O–H groups in total. The van der Waals surface area contributed by atoms with Crippen LogP contribution >= 0.6 is 11.6 Å². The Hall–Kier alpha value is -1.06. The number of nitrogens with zero attached hydrogens (tertiary/aromatic N) is 2. The Balaban J connectivity index is 2.53. The zero-order valence-electron chi connectivity index (χ0n) is 11.2. The van der Waals surface area contributed by atoms with Gasteiger partial charge in [-0.1, -0.05) is 25.4 Å². The highest BCUT2D eigenvalue weighted by molar-refractivity contribution is 6.31. The topological polar surface area (TPSA) is 29.9 Å². The maximum absolute atomic E-state index is 6.03. The summed E-state index contributed by atoms with van der Waals surface area (Å²) < 4.78 is 2.29. The number of hydrogen-bond acceptors (Lipinski definition) is 2. The maximum atomic E-state index is 6.03. The van der Waals surface area contributed by atoms with Gasteiger partial charge in [0.05, 0.1) is 17.1 Å². The summed E-state index contributed by atoms with van der Waals surface area (Å²) in [6, 6.07) is 6.18. The molecule has 0 radical (unpaired) electrons. The molecule has 0 saturated heterocycles. The SMILES string of the molecule is CCCn1c(C(C)NCC)nc2cc(Cl)ccc21. The van der Waals surface area contributed by atoms with Crippen molar-refractivity contribution < 1.29 is 0 Å². The lowest BCUT2D eigenvalue weighted by Gasteiger charge is -2.14. The van der Waals surface area contributed by atoms with E-state index in [0.29, 0.717) is 0 Å². The third kappa shape index (κ3) is 2.52. The molecule has 0 aliphatic carbocycles. The number of hydrogen-bond donors (Lipinski definition) is 1. The highest BCUT2D eigenvalue weighted by Crippen LogP contribution is 2.24. The largest absolute Gasteiger partial charge is 0.327 e. The van der Waals surface area contributed by atoms with Crippen molar-refractivity contribution in [2.24, 2.45) is 0 Å². The summed E-state index contributed by atoms with van der Waals surface area (Å²) in [6.07, 6.45) is 1.10. The molecule has 1 unspecified atom stereocenters. The van der Waals surface area contributed by atoms with Gasteiger partial charge in [-0.05, 0) is 38.1 Å². The van der Waals surface area contributed by atoms with E-state index in [0.717, 1.165) is 35.9 Å². The summed E-state index contributed by atoms with van der Waals surface area (Å²) >= 11 is 6.03. The van der Waals surface area contributed by atoms with Gasteiger partial charge < -0.3 is 9.88 Å². The molecule has 1 heterocycles. The molecule has 18 heavy (non-hydrogen) atoms. The van der Waals surface area contributed by atoms with Crippen molar-refractivity contribution in [2.45, 2.75) is 39.8 Å². The molecule has 0 amide bonds. The predicted molar refractivity (Wildman–Crippen MR) is 77.1 cm³/mol. The number of fused-ring (bicyclic) bond motifs is 1. The number of aryl methyl sites for hydroxylation is 1. The molecule has 2 aromatic rings. The van der Waals surface area contributed by atoms with Gasteiger partial charge in [0.2, 0.25) is 0 Å². The van der Waals surface area contributed by atoms with E-state index in [9.17, 15) is 0 Å². The summed E-state index contributed by atoms with van der Waals surface area (Å²) in [5.41, 5.74) is 2.15. The Morgan fingerprint density at radius 3 is 2.83 bits per heavy atom. The molecular weight excluding hydrogens is 246 g/mol. The minimum atomic E-state index is 0.257. The molecule has 0 bridgehead atoms. The molecule has 1 aromatic carbocycles. The highest BCUT2D eigenvalue weighted by atomic mass is 35.5. The average molecular weight is 266 g/mol. The first kappa shape index (κ1) is 13.4. The smallest absolute Gasteiger partial charge is 0.126 e. The average Bonchev–Trinajstić information content (AvgIpc) is 2.68. The number of aromatic nitrogens is 2. The quantitative estimate of drug-likeness (QED) is 0.892. The van der Waals surface area contributed by atoms with Crippen molar-refractivity contribution >= 4 is 22.6 Å².